The molecule has 9 N–H and O–H groups in total. The minimum Gasteiger partial charge on any atom is -0.508 e. The Bertz CT molecular complexity index is 1350. The molecule has 2 rings (SSSR count). The lowest BCUT2D eigenvalue weighted by Gasteiger charge is -2.31. The Hall–Kier alpha value is -3.75. The van der Waals surface area contributed by atoms with E-state index in [0.29, 0.717) is 5.56 Å². The molecule has 0 bridgehead atoms. The number of amides is 5. The highest BCUT2D eigenvalue weighted by Crippen LogP contribution is 2.23. The highest BCUT2D eigenvalue weighted by atomic mass is 32.1. The molecular formula is C31H44N6O6S2. The van der Waals surface area contributed by atoms with E-state index in [1.165, 1.54) is 12.1 Å². The van der Waals surface area contributed by atoms with Crippen molar-refractivity contribution in [2.75, 3.05) is 6.54 Å². The van der Waals surface area contributed by atoms with Crippen molar-refractivity contribution in [1.82, 2.24) is 21.3 Å². The molecule has 0 heterocycles. The summed E-state index contributed by atoms with van der Waals surface area (Å²) in [6.45, 7) is 7.69. The van der Waals surface area contributed by atoms with Crippen molar-refractivity contribution in [3.63, 3.8) is 0 Å². The molecule has 5 atom stereocenters. The Morgan fingerprint density at radius 1 is 0.800 bits per heavy atom. The van der Waals surface area contributed by atoms with Crippen molar-refractivity contribution < 1.29 is 29.1 Å². The van der Waals surface area contributed by atoms with Crippen LogP contribution < -0.4 is 32.7 Å². The van der Waals surface area contributed by atoms with Crippen LogP contribution in [-0.2, 0) is 30.4 Å². The molecule has 5 amide bonds. The van der Waals surface area contributed by atoms with Gasteiger partial charge in [0.05, 0.1) is 12.6 Å². The normalized spacial score (nSPS) is 15.0. The second kappa shape index (κ2) is 16.0. The number of nitrogens with one attached hydrogen (secondary N) is 4. The second-order valence-corrected chi connectivity index (χ2v) is 14.3. The van der Waals surface area contributed by atoms with Crippen molar-refractivity contribution in [2.45, 2.75) is 80.6 Å². The summed E-state index contributed by atoms with van der Waals surface area (Å²) in [5.74, 6) is -3.83. The number of hydrogen-bond acceptors (Lipinski definition) is 9. The van der Waals surface area contributed by atoms with Crippen LogP contribution in [0, 0.1) is 0 Å². The molecule has 0 aliphatic rings. The fourth-order valence-electron chi connectivity index (χ4n) is 4.43. The quantitative estimate of drug-likeness (QED) is 0.124. The number of phenolic OH excluding ortho intramolecular Hbond substituents is 1. The summed E-state index contributed by atoms with van der Waals surface area (Å²) in [7, 11) is 0. The van der Waals surface area contributed by atoms with Crippen LogP contribution in [0.5, 0.6) is 5.75 Å². The molecule has 0 radical (unpaired) electrons. The van der Waals surface area contributed by atoms with Gasteiger partial charge in [-0.05, 0) is 51.0 Å². The number of primary amides is 1. The monoisotopic (exact) mass is 660 g/mol. The Morgan fingerprint density at radius 3 is 1.84 bits per heavy atom. The van der Waals surface area contributed by atoms with E-state index in [1.807, 2.05) is 0 Å². The molecule has 0 saturated carbocycles. The molecule has 2 aromatic carbocycles. The highest BCUT2D eigenvalue weighted by Gasteiger charge is 2.37. The van der Waals surface area contributed by atoms with Crippen LogP contribution in [0.25, 0.3) is 0 Å². The van der Waals surface area contributed by atoms with Crippen molar-refractivity contribution in [3.8, 4) is 5.75 Å². The predicted molar refractivity (Wildman–Crippen MR) is 179 cm³/mol. The van der Waals surface area contributed by atoms with Crippen molar-refractivity contribution in [3.05, 3.63) is 65.7 Å². The summed E-state index contributed by atoms with van der Waals surface area (Å²) in [6, 6.07) is 10.7. The molecule has 14 heteroatoms. The largest absolute Gasteiger partial charge is 0.508 e. The van der Waals surface area contributed by atoms with Crippen LogP contribution >= 0.6 is 25.3 Å². The maximum absolute atomic E-state index is 13.2. The summed E-state index contributed by atoms with van der Waals surface area (Å²) in [6.07, 6.45) is 0.0876. The average Bonchev–Trinajstić information content (AvgIpc) is 2.95. The predicted octanol–water partition coefficient (Wildman–Crippen LogP) is 0.538. The molecule has 2 aromatic rings. The van der Waals surface area contributed by atoms with E-state index >= 15 is 0 Å². The maximum Gasteiger partial charge on any atom is 0.244 e. The number of phenols is 1. The van der Waals surface area contributed by atoms with E-state index in [-0.39, 0.29) is 12.2 Å². The third-order valence-corrected chi connectivity index (χ3v) is 7.67. The smallest absolute Gasteiger partial charge is 0.244 e. The third kappa shape index (κ3) is 11.6. The highest BCUT2D eigenvalue weighted by molar-refractivity contribution is 7.82. The molecule has 1 unspecified atom stereocenters. The number of carbonyl (C=O) groups excluding carboxylic acids is 5. The van der Waals surface area contributed by atoms with Gasteiger partial charge in [-0.25, -0.2) is 0 Å². The first kappa shape index (κ1) is 37.4. The molecule has 0 spiro atoms. The first-order valence-corrected chi connectivity index (χ1v) is 15.2. The first-order valence-electron chi connectivity index (χ1n) is 14.3. The van der Waals surface area contributed by atoms with Gasteiger partial charge in [-0.2, -0.15) is 25.3 Å². The van der Waals surface area contributed by atoms with E-state index in [2.05, 4.69) is 46.5 Å². The van der Waals surface area contributed by atoms with Crippen molar-refractivity contribution in [2.24, 2.45) is 11.5 Å². The molecule has 0 aliphatic carbocycles. The van der Waals surface area contributed by atoms with Crippen molar-refractivity contribution >= 4 is 54.8 Å². The number of nitrogens with two attached hydrogens (primary N) is 2. The van der Waals surface area contributed by atoms with E-state index in [9.17, 15) is 29.1 Å². The van der Waals surface area contributed by atoms with Crippen LogP contribution in [0.3, 0.4) is 0 Å². The van der Waals surface area contributed by atoms with Gasteiger partial charge >= 0.3 is 0 Å². The lowest BCUT2D eigenvalue weighted by molar-refractivity contribution is -0.133. The zero-order valence-corrected chi connectivity index (χ0v) is 27.8. The van der Waals surface area contributed by atoms with Gasteiger partial charge in [0.1, 0.15) is 23.9 Å². The molecule has 0 fully saturated rings. The van der Waals surface area contributed by atoms with Gasteiger partial charge < -0.3 is 37.8 Å². The number of thiol groups is 2. The van der Waals surface area contributed by atoms with Gasteiger partial charge in [0, 0.05) is 21.8 Å². The molecule has 246 valence electrons. The number of aromatic hydroxyl groups is 1. The molecule has 12 nitrogen and oxygen atoms in total. The molecule has 0 aromatic heterocycles. The van der Waals surface area contributed by atoms with Gasteiger partial charge in [-0.15, -0.1) is 0 Å². The number of benzene rings is 2. The second-order valence-electron chi connectivity index (χ2n) is 12.0. The maximum atomic E-state index is 13.2. The van der Waals surface area contributed by atoms with Gasteiger partial charge in [0.25, 0.3) is 0 Å². The van der Waals surface area contributed by atoms with Gasteiger partial charge in [-0.1, -0.05) is 49.4 Å². The average molecular weight is 661 g/mol. The minimum absolute atomic E-state index is 0.0741. The van der Waals surface area contributed by atoms with E-state index in [4.69, 9.17) is 11.5 Å². The first-order chi connectivity index (χ1) is 20.8. The number of rotatable bonds is 15. The fraction of sp³-hybridized carbons (Fsp3) is 0.452. The van der Waals surface area contributed by atoms with Crippen LogP contribution in [0.4, 0.5) is 0 Å². The van der Waals surface area contributed by atoms with Gasteiger partial charge in [-0.3, -0.25) is 24.0 Å². The summed E-state index contributed by atoms with van der Waals surface area (Å²) < 4.78 is -2.04. The van der Waals surface area contributed by atoms with E-state index < -0.39 is 75.7 Å². The summed E-state index contributed by atoms with van der Waals surface area (Å²) in [5, 5.41) is 19.8. The lowest BCUT2D eigenvalue weighted by Crippen LogP contribution is -2.61. The summed E-state index contributed by atoms with van der Waals surface area (Å²) in [5.41, 5.74) is 13.1. The molecule has 45 heavy (non-hydrogen) atoms. The Morgan fingerprint density at radius 2 is 1.33 bits per heavy atom. The van der Waals surface area contributed by atoms with Gasteiger partial charge in [0.15, 0.2) is 0 Å². The van der Waals surface area contributed by atoms with Crippen molar-refractivity contribution in [1.29, 1.82) is 0 Å². The third-order valence-electron chi connectivity index (χ3n) is 7.15. The molecular weight excluding hydrogens is 617 g/mol. The zero-order valence-electron chi connectivity index (χ0n) is 26.0. The number of hydrogen-bond donors (Lipinski definition) is 9. The Labute approximate surface area is 274 Å². The lowest BCUT2D eigenvalue weighted by atomic mass is 9.92. The number of carbonyl (C=O) groups is 5. The van der Waals surface area contributed by atoms with Crippen LogP contribution in [-0.4, -0.2) is 74.8 Å². The van der Waals surface area contributed by atoms with Gasteiger partial charge in [0.2, 0.25) is 29.5 Å². The van der Waals surface area contributed by atoms with Crippen LogP contribution in [0.15, 0.2) is 54.6 Å². The summed E-state index contributed by atoms with van der Waals surface area (Å²) in [4.78, 5) is 64.5. The van der Waals surface area contributed by atoms with Crippen LogP contribution in [0.1, 0.15) is 51.7 Å². The van der Waals surface area contributed by atoms with E-state index in [1.54, 1.807) is 77.1 Å². The van der Waals surface area contributed by atoms with E-state index in [0.717, 1.165) is 5.56 Å². The molecule has 0 saturated heterocycles. The molecule has 0 aliphatic heterocycles. The zero-order chi connectivity index (χ0) is 34.1. The summed E-state index contributed by atoms with van der Waals surface area (Å²) >= 11 is 8.84. The minimum atomic E-state index is -1.18. The standard InChI is InChI=1S/C31H44N6O6S2/c1-17(19-11-13-20(38)14-12-19)23(32)28(42)37-25(31(4,5)45)29(43)34-16-22(39)35-21(15-18-9-7-6-8-10-18)27(41)36-24(26(33)40)30(2,3)44/h6-14,17,21,23-25,38,44-45H,15-16,32H2,1-5H3,(H2,33,40)(H,34,43)(H,35,39)(H,36,41)(H,37,42)/t17?,21-,23-,24-,25-/m0/s1. The Balaban J connectivity index is 2.12. The topological polar surface area (TPSA) is 206 Å². The fourth-order valence-corrected chi connectivity index (χ4v) is 4.80. The van der Waals surface area contributed by atoms with Crippen LogP contribution in [0.2, 0.25) is 0 Å². The SMILES string of the molecule is CC(c1ccc(O)cc1)[C@H](N)C(=O)N[C@@H](C(=O)NCC(=O)N[C@@H](Cc1ccccc1)C(=O)N[C@@H](C(N)=O)C(C)(C)S)C(C)(C)S. The Kier molecular flexibility index (Phi) is 13.3.